The van der Waals surface area contributed by atoms with Crippen molar-refractivity contribution in [1.82, 2.24) is 0 Å². The number of rotatable bonds is 16. The topological polar surface area (TPSA) is 72.4 Å². The zero-order chi connectivity index (χ0) is 15.8. The summed E-state index contributed by atoms with van der Waals surface area (Å²) in [5.74, 6) is 0. The van der Waals surface area contributed by atoms with Crippen LogP contribution >= 0.6 is 7.82 Å². The molecule has 0 aliphatic rings. The van der Waals surface area contributed by atoms with Crippen molar-refractivity contribution in [1.29, 1.82) is 0 Å². The van der Waals surface area contributed by atoms with Crippen LogP contribution in [-0.4, -0.2) is 29.7 Å². The van der Waals surface area contributed by atoms with E-state index in [0.29, 0.717) is 6.42 Å². The van der Waals surface area contributed by atoms with E-state index in [0.717, 1.165) is 12.8 Å². The average Bonchev–Trinajstić information content (AvgIpc) is 2.42. The molecule has 22 heavy (non-hydrogen) atoms. The van der Waals surface area contributed by atoms with Crippen LogP contribution in [0.1, 0.15) is 96.8 Å². The van der Waals surface area contributed by atoms with Crippen LogP contribution in [0.2, 0.25) is 0 Å². The second kappa shape index (κ2) is 18.2. The van der Waals surface area contributed by atoms with Crippen LogP contribution in [0, 0.1) is 0 Å². The second-order valence-corrected chi connectivity index (χ2v) is 7.03. The summed E-state index contributed by atoms with van der Waals surface area (Å²) in [4.78, 5) is 20.4. The molecule has 0 N–H and O–H groups in total. The Labute approximate surface area is 153 Å². The van der Waals surface area contributed by atoms with Gasteiger partial charge in [-0.25, -0.2) is 0 Å². The molecule has 0 unspecified atom stereocenters. The molecular weight excluding hydrogens is 311 g/mol. The molecule has 0 atom stereocenters. The van der Waals surface area contributed by atoms with Crippen molar-refractivity contribution in [3.63, 3.8) is 0 Å². The average molecular weight is 345 g/mol. The van der Waals surface area contributed by atoms with Crippen LogP contribution < -0.4 is 9.79 Å². The van der Waals surface area contributed by atoms with E-state index in [1.165, 1.54) is 70.6 Å². The second-order valence-electron chi connectivity index (χ2n) is 5.88. The van der Waals surface area contributed by atoms with E-state index >= 15 is 0 Å². The number of phosphoric acid groups is 1. The zero-order valence-corrected chi connectivity index (χ0v) is 16.7. The minimum atomic E-state index is -4.75. The first-order valence-electron chi connectivity index (χ1n) is 8.73. The number of hydrogen-bond donors (Lipinski definition) is 0. The third-order valence-electron chi connectivity index (χ3n) is 3.75. The zero-order valence-electron chi connectivity index (χ0n) is 14.4. The van der Waals surface area contributed by atoms with Crippen LogP contribution in [0.3, 0.4) is 0 Å². The van der Waals surface area contributed by atoms with Gasteiger partial charge in [0.05, 0.1) is 14.4 Å². The maximum atomic E-state index is 10.2. The Morgan fingerprint density at radius 2 is 1.00 bits per heavy atom. The van der Waals surface area contributed by atoms with Gasteiger partial charge in [0.15, 0.2) is 0 Å². The molecule has 128 valence electrons. The molecule has 0 heterocycles. The molecule has 0 spiro atoms. The number of unbranched alkanes of at least 4 members (excludes halogenated alkanes) is 13. The van der Waals surface area contributed by atoms with Crippen molar-refractivity contribution in [2.75, 3.05) is 6.61 Å². The van der Waals surface area contributed by atoms with Gasteiger partial charge in [-0.3, -0.25) is 0 Å². The first kappa shape index (κ1) is 25.1. The molecule has 0 aromatic carbocycles. The van der Waals surface area contributed by atoms with Crippen LogP contribution in [0.15, 0.2) is 0 Å². The van der Waals surface area contributed by atoms with Crippen molar-refractivity contribution in [3.8, 4) is 0 Å². The summed E-state index contributed by atoms with van der Waals surface area (Å²) in [6.07, 6.45) is 17.4. The van der Waals surface area contributed by atoms with Gasteiger partial charge in [0.25, 0.3) is 0 Å². The molecule has 0 radical (unpaired) electrons. The summed E-state index contributed by atoms with van der Waals surface area (Å²) in [7, 11) is -4.75. The molecule has 0 amide bonds. The minimum absolute atomic E-state index is 0. The van der Waals surface area contributed by atoms with E-state index < -0.39 is 7.82 Å². The van der Waals surface area contributed by atoms with Gasteiger partial charge >= 0.3 is 23.1 Å². The fourth-order valence-corrected chi connectivity index (χ4v) is 2.83. The molecule has 0 aliphatic heterocycles. The molecule has 0 aromatic heterocycles. The molecule has 6 heteroatoms. The first-order chi connectivity index (χ1) is 10.1. The fraction of sp³-hybridized carbons (Fsp3) is 1.00. The molecule has 0 rings (SSSR count). The normalized spacial score (nSPS) is 11.4. The van der Waals surface area contributed by atoms with Crippen LogP contribution in [0.25, 0.3) is 0 Å². The molecule has 4 nitrogen and oxygen atoms in total. The van der Waals surface area contributed by atoms with Gasteiger partial charge in [0, 0.05) is 0 Å². The van der Waals surface area contributed by atoms with Gasteiger partial charge in [-0.2, -0.15) is 0 Å². The van der Waals surface area contributed by atoms with E-state index in [1.807, 2.05) is 0 Å². The van der Waals surface area contributed by atoms with Crippen LogP contribution in [-0.2, 0) is 9.09 Å². The third kappa shape index (κ3) is 23.1. The fourth-order valence-electron chi connectivity index (χ4n) is 2.47. The summed E-state index contributed by atoms with van der Waals surface area (Å²) < 4.78 is 14.4. The number of phosphoric ester groups is 1. The van der Waals surface area contributed by atoms with Crippen molar-refractivity contribution >= 4 is 30.9 Å². The van der Waals surface area contributed by atoms with Gasteiger partial charge in [0.1, 0.15) is 0 Å². The maximum Gasteiger partial charge on any atom is 2.00 e. The predicted octanol–water partition coefficient (Wildman–Crippen LogP) is 3.93. The van der Waals surface area contributed by atoms with Gasteiger partial charge in [-0.05, 0) is 6.42 Å². The molecule has 0 saturated carbocycles. The van der Waals surface area contributed by atoms with Crippen LogP contribution in [0.5, 0.6) is 0 Å². The maximum absolute atomic E-state index is 10.2. The van der Waals surface area contributed by atoms with Gasteiger partial charge in [-0.15, -0.1) is 0 Å². The van der Waals surface area contributed by atoms with E-state index in [1.54, 1.807) is 0 Å². The van der Waals surface area contributed by atoms with Crippen molar-refractivity contribution < 1.29 is 18.9 Å². The van der Waals surface area contributed by atoms with Gasteiger partial charge in [0.2, 0.25) is 0 Å². The molecule has 0 aromatic rings. The summed E-state index contributed by atoms with van der Waals surface area (Å²) in [5, 5.41) is 0. The minimum Gasteiger partial charge on any atom is -0.790 e. The predicted molar refractivity (Wildman–Crippen MR) is 89.6 cm³/mol. The quantitative estimate of drug-likeness (QED) is 0.241. The van der Waals surface area contributed by atoms with Crippen molar-refractivity contribution in [2.24, 2.45) is 0 Å². The Bertz CT molecular complexity index is 259. The Balaban J connectivity index is 0. The SMILES string of the molecule is CCCCCCCCCCCCCCCCOP(=O)([O-])[O-].[Mg+2]. The number of hydrogen-bond acceptors (Lipinski definition) is 4. The van der Waals surface area contributed by atoms with Crippen molar-refractivity contribution in [2.45, 2.75) is 96.8 Å². The summed E-state index contributed by atoms with van der Waals surface area (Å²) in [5.41, 5.74) is 0. The molecule has 0 bridgehead atoms. The first-order valence-corrected chi connectivity index (χ1v) is 10.2. The largest absolute Gasteiger partial charge is 2.00 e. The van der Waals surface area contributed by atoms with E-state index in [-0.39, 0.29) is 29.7 Å². The molecule has 0 fully saturated rings. The monoisotopic (exact) mass is 344 g/mol. The van der Waals surface area contributed by atoms with Gasteiger partial charge < -0.3 is 18.9 Å². The Morgan fingerprint density at radius 1 is 0.682 bits per heavy atom. The molecule has 0 saturated heterocycles. The summed E-state index contributed by atoms with van der Waals surface area (Å²) in [6, 6.07) is 0. The third-order valence-corrected chi connectivity index (χ3v) is 4.25. The Kier molecular flexibility index (Phi) is 20.8. The molecular formula is C16H33MgO4P. The standard InChI is InChI=1S/C16H35O4P.Mg/c1-2-3-4-5-6-7-8-9-10-11-12-13-14-15-16-20-21(17,18)19;/h2-16H2,1H3,(H2,17,18,19);/q;+2/p-2. The smallest absolute Gasteiger partial charge is 0.790 e. The van der Waals surface area contributed by atoms with Crippen molar-refractivity contribution in [3.05, 3.63) is 0 Å². The van der Waals surface area contributed by atoms with Crippen LogP contribution in [0.4, 0.5) is 0 Å². The van der Waals surface area contributed by atoms with E-state index in [9.17, 15) is 14.4 Å². The molecule has 0 aliphatic carbocycles. The Hall–Kier alpha value is 0.876. The van der Waals surface area contributed by atoms with E-state index in [2.05, 4.69) is 11.4 Å². The van der Waals surface area contributed by atoms with E-state index in [4.69, 9.17) is 0 Å². The Morgan fingerprint density at radius 3 is 1.32 bits per heavy atom. The van der Waals surface area contributed by atoms with Gasteiger partial charge in [-0.1, -0.05) is 90.4 Å². The summed E-state index contributed by atoms with van der Waals surface area (Å²) >= 11 is 0. The summed E-state index contributed by atoms with van der Waals surface area (Å²) in [6.45, 7) is 2.29.